The highest BCUT2D eigenvalue weighted by Gasteiger charge is 2.24. The van der Waals surface area contributed by atoms with Crippen LogP contribution in [0.25, 0.3) is 0 Å². The van der Waals surface area contributed by atoms with E-state index in [1.807, 2.05) is 0 Å². The molecule has 0 spiro atoms. The molecule has 3 heterocycles. The molecule has 8 heteroatoms. The number of hydrogen-bond acceptors (Lipinski definition) is 8. The standard InChI is InChI=1S/C7H14O2.2C6H12O3/c1-2-6-3-4-7(5-8)9-6;2*7-3-5-1-2-6(4-8)9-5/h6-8H,2-5H2,1H3;2*5-8H,1-4H2/t6-,7+;5-,6+;5-,6-/m0.0/s1. The van der Waals surface area contributed by atoms with Gasteiger partial charge in [0.25, 0.3) is 0 Å². The number of ether oxygens (including phenoxy) is 3. The van der Waals surface area contributed by atoms with Crippen LogP contribution in [0.4, 0.5) is 0 Å². The van der Waals surface area contributed by atoms with Crippen molar-refractivity contribution in [1.29, 1.82) is 0 Å². The maximum atomic E-state index is 8.65. The minimum Gasteiger partial charge on any atom is -0.394 e. The van der Waals surface area contributed by atoms with Gasteiger partial charge in [-0.25, -0.2) is 0 Å². The third-order valence-electron chi connectivity index (χ3n) is 5.06. The van der Waals surface area contributed by atoms with Crippen molar-refractivity contribution < 1.29 is 39.7 Å². The van der Waals surface area contributed by atoms with Crippen molar-refractivity contribution in [3.63, 3.8) is 0 Å². The van der Waals surface area contributed by atoms with Gasteiger partial charge in [0.1, 0.15) is 0 Å². The van der Waals surface area contributed by atoms with Crippen LogP contribution >= 0.6 is 0 Å². The Morgan fingerprint density at radius 3 is 0.852 bits per heavy atom. The van der Waals surface area contributed by atoms with Crippen molar-refractivity contribution in [2.75, 3.05) is 33.0 Å². The number of rotatable bonds is 6. The minimum atomic E-state index is -0.0258. The molecule has 0 aromatic heterocycles. The van der Waals surface area contributed by atoms with Gasteiger partial charge in [0.05, 0.1) is 69.7 Å². The smallest absolute Gasteiger partial charge is 0.0811 e. The zero-order valence-corrected chi connectivity index (χ0v) is 16.4. The van der Waals surface area contributed by atoms with Gasteiger partial charge in [-0.15, -0.1) is 0 Å². The van der Waals surface area contributed by atoms with Gasteiger partial charge in [0.15, 0.2) is 0 Å². The van der Waals surface area contributed by atoms with Gasteiger partial charge >= 0.3 is 0 Å². The molecule has 3 saturated heterocycles. The Balaban J connectivity index is 0.000000202. The van der Waals surface area contributed by atoms with Gasteiger partial charge in [0.2, 0.25) is 0 Å². The van der Waals surface area contributed by atoms with Gasteiger partial charge in [-0.2, -0.15) is 0 Å². The largest absolute Gasteiger partial charge is 0.394 e. The highest BCUT2D eigenvalue weighted by molar-refractivity contribution is 4.72. The Morgan fingerprint density at radius 2 is 0.704 bits per heavy atom. The third-order valence-corrected chi connectivity index (χ3v) is 5.06. The normalized spacial score (nSPS) is 35.3. The van der Waals surface area contributed by atoms with Crippen molar-refractivity contribution in [2.45, 2.75) is 88.5 Å². The number of aliphatic hydroxyl groups is 5. The summed E-state index contributed by atoms with van der Waals surface area (Å²) in [5, 5.41) is 42.9. The molecule has 0 saturated carbocycles. The molecule has 3 rings (SSSR count). The Morgan fingerprint density at radius 1 is 0.481 bits per heavy atom. The van der Waals surface area contributed by atoms with E-state index in [9.17, 15) is 0 Å². The van der Waals surface area contributed by atoms with Gasteiger partial charge in [-0.3, -0.25) is 0 Å². The lowest BCUT2D eigenvalue weighted by Crippen LogP contribution is -2.16. The van der Waals surface area contributed by atoms with Crippen molar-refractivity contribution in [1.82, 2.24) is 0 Å². The van der Waals surface area contributed by atoms with E-state index in [0.717, 1.165) is 44.9 Å². The highest BCUT2D eigenvalue weighted by atomic mass is 16.5. The van der Waals surface area contributed by atoms with E-state index in [-0.39, 0.29) is 63.6 Å². The Bertz CT molecular complexity index is 274. The van der Waals surface area contributed by atoms with Crippen LogP contribution in [0.2, 0.25) is 0 Å². The summed E-state index contributed by atoms with van der Waals surface area (Å²) in [4.78, 5) is 0. The summed E-state index contributed by atoms with van der Waals surface area (Å²) in [5.41, 5.74) is 0. The monoisotopic (exact) mass is 394 g/mol. The van der Waals surface area contributed by atoms with Crippen LogP contribution < -0.4 is 0 Å². The zero-order chi connectivity index (χ0) is 20.1. The summed E-state index contributed by atoms with van der Waals surface area (Å²) < 4.78 is 15.7. The summed E-state index contributed by atoms with van der Waals surface area (Å²) in [6.07, 6.45) is 7.20. The fourth-order valence-corrected chi connectivity index (χ4v) is 3.31. The molecule has 0 amide bonds. The summed E-state index contributed by atoms with van der Waals surface area (Å²) in [6, 6.07) is 0. The lowest BCUT2D eigenvalue weighted by molar-refractivity contribution is -0.0119. The maximum absolute atomic E-state index is 8.65. The summed E-state index contributed by atoms with van der Waals surface area (Å²) in [7, 11) is 0. The van der Waals surface area contributed by atoms with E-state index < -0.39 is 0 Å². The van der Waals surface area contributed by atoms with Crippen LogP contribution in [0.3, 0.4) is 0 Å². The van der Waals surface area contributed by atoms with Gasteiger partial charge in [0, 0.05) is 0 Å². The molecular weight excluding hydrogens is 356 g/mol. The Kier molecular flexibility index (Phi) is 13.4. The van der Waals surface area contributed by atoms with E-state index in [0.29, 0.717) is 6.10 Å². The SMILES string of the molecule is CC[C@H]1CC[C@H](CO)O1.OC[C@@H]1CC[C@@H](CO)O1.OC[C@@H]1CC[C@H](CO)O1. The molecule has 0 bridgehead atoms. The average molecular weight is 395 g/mol. The molecule has 8 nitrogen and oxygen atoms in total. The van der Waals surface area contributed by atoms with Gasteiger partial charge < -0.3 is 39.7 Å². The van der Waals surface area contributed by atoms with Gasteiger partial charge in [-0.05, 0) is 44.9 Å². The van der Waals surface area contributed by atoms with E-state index >= 15 is 0 Å². The molecule has 0 unspecified atom stereocenters. The lowest BCUT2D eigenvalue weighted by Gasteiger charge is -2.08. The predicted octanol–water partition coefficient (Wildman–Crippen LogP) is -0.0265. The molecule has 0 aliphatic carbocycles. The highest BCUT2D eigenvalue weighted by Crippen LogP contribution is 2.21. The van der Waals surface area contributed by atoms with Crippen LogP contribution in [0.5, 0.6) is 0 Å². The Labute approximate surface area is 162 Å². The second kappa shape index (κ2) is 14.6. The molecule has 0 aromatic carbocycles. The first kappa shape index (κ1) is 24.7. The van der Waals surface area contributed by atoms with Crippen LogP contribution in [-0.4, -0.2) is 95.2 Å². The first-order chi connectivity index (χ1) is 13.1. The fraction of sp³-hybridized carbons (Fsp3) is 1.00. The number of hydrogen-bond donors (Lipinski definition) is 5. The second-order valence-electron chi connectivity index (χ2n) is 7.19. The fourth-order valence-electron chi connectivity index (χ4n) is 3.31. The van der Waals surface area contributed by atoms with Gasteiger partial charge in [-0.1, -0.05) is 6.92 Å². The molecule has 27 heavy (non-hydrogen) atoms. The van der Waals surface area contributed by atoms with Crippen LogP contribution in [0.15, 0.2) is 0 Å². The zero-order valence-electron chi connectivity index (χ0n) is 16.4. The first-order valence-electron chi connectivity index (χ1n) is 10.1. The van der Waals surface area contributed by atoms with Crippen molar-refractivity contribution in [2.24, 2.45) is 0 Å². The lowest BCUT2D eigenvalue weighted by atomic mass is 10.2. The van der Waals surface area contributed by atoms with Crippen LogP contribution in [-0.2, 0) is 14.2 Å². The predicted molar refractivity (Wildman–Crippen MR) is 99.4 cm³/mol. The molecule has 0 aromatic rings. The Hall–Kier alpha value is -0.320. The molecule has 162 valence electrons. The molecular formula is C19H38O8. The number of aliphatic hydroxyl groups excluding tert-OH is 5. The molecule has 3 aliphatic heterocycles. The molecule has 6 atom stereocenters. The van der Waals surface area contributed by atoms with Crippen molar-refractivity contribution in [3.8, 4) is 0 Å². The minimum absolute atomic E-state index is 0.0258. The van der Waals surface area contributed by atoms with Crippen molar-refractivity contribution in [3.05, 3.63) is 0 Å². The van der Waals surface area contributed by atoms with Crippen molar-refractivity contribution >= 4 is 0 Å². The molecule has 5 N–H and O–H groups in total. The molecule has 0 radical (unpaired) electrons. The van der Waals surface area contributed by atoms with Crippen LogP contribution in [0.1, 0.15) is 51.9 Å². The second-order valence-corrected chi connectivity index (χ2v) is 7.19. The maximum Gasteiger partial charge on any atom is 0.0811 e. The third kappa shape index (κ3) is 9.62. The van der Waals surface area contributed by atoms with E-state index in [1.165, 1.54) is 0 Å². The first-order valence-corrected chi connectivity index (χ1v) is 10.1. The van der Waals surface area contributed by atoms with Crippen LogP contribution in [0, 0.1) is 0 Å². The quantitative estimate of drug-likeness (QED) is 0.425. The summed E-state index contributed by atoms with van der Waals surface area (Å²) in [5.74, 6) is 0. The van der Waals surface area contributed by atoms with E-state index in [1.54, 1.807) is 0 Å². The van der Waals surface area contributed by atoms with E-state index in [2.05, 4.69) is 6.92 Å². The summed E-state index contributed by atoms with van der Waals surface area (Å²) >= 11 is 0. The molecule has 3 aliphatic rings. The average Bonchev–Trinajstić information content (AvgIpc) is 3.48. The topological polar surface area (TPSA) is 129 Å². The van der Waals surface area contributed by atoms with E-state index in [4.69, 9.17) is 39.7 Å². The summed E-state index contributed by atoms with van der Waals surface area (Å²) in [6.45, 7) is 2.63. The molecule has 3 fully saturated rings.